The molecule has 0 saturated carbocycles. The zero-order chi connectivity index (χ0) is 19.3. The van der Waals surface area contributed by atoms with Crippen LogP contribution in [0, 0.1) is 0 Å². The standard InChI is InChI=1S/C20H42O3Si2/c1-9-13-15-17-19(11-3)21-24(5,6)23-25(7,8)22-20(12-4)18-16-14-10-2/h11-12,19-20H,3-4,9-10,13-18H2,1-2,5-8H3. The molecule has 0 heterocycles. The van der Waals surface area contributed by atoms with Crippen LogP contribution in [-0.4, -0.2) is 29.3 Å². The fourth-order valence-corrected chi connectivity index (χ4v) is 10.0. The normalized spacial score (nSPS) is 15.0. The number of unbranched alkanes of at least 4 members (excludes halogenated alkanes) is 4. The Morgan fingerprint density at radius 2 is 1.08 bits per heavy atom. The second kappa shape index (κ2) is 13.0. The summed E-state index contributed by atoms with van der Waals surface area (Å²) in [6, 6.07) is 0. The van der Waals surface area contributed by atoms with Crippen molar-refractivity contribution in [2.45, 2.75) is 104 Å². The molecule has 0 N–H and O–H groups in total. The molecule has 5 heteroatoms. The maximum Gasteiger partial charge on any atom is 0.323 e. The first-order chi connectivity index (χ1) is 11.7. The van der Waals surface area contributed by atoms with Crippen molar-refractivity contribution in [2.75, 3.05) is 0 Å². The van der Waals surface area contributed by atoms with Gasteiger partial charge in [-0.2, -0.15) is 0 Å². The summed E-state index contributed by atoms with van der Waals surface area (Å²) in [5, 5.41) is 0. The van der Waals surface area contributed by atoms with E-state index in [1.165, 1.54) is 38.5 Å². The van der Waals surface area contributed by atoms with Crippen LogP contribution in [0.3, 0.4) is 0 Å². The van der Waals surface area contributed by atoms with Crippen LogP contribution in [-0.2, 0) is 13.0 Å². The van der Waals surface area contributed by atoms with E-state index in [0.717, 1.165) is 12.8 Å². The minimum absolute atomic E-state index is 0.0813. The number of rotatable bonds is 16. The van der Waals surface area contributed by atoms with Crippen molar-refractivity contribution in [3.05, 3.63) is 25.3 Å². The van der Waals surface area contributed by atoms with Crippen LogP contribution < -0.4 is 0 Å². The van der Waals surface area contributed by atoms with E-state index in [-0.39, 0.29) is 12.2 Å². The maximum atomic E-state index is 6.44. The highest BCUT2D eigenvalue weighted by Crippen LogP contribution is 2.23. The molecule has 0 aromatic rings. The van der Waals surface area contributed by atoms with Gasteiger partial charge in [0.1, 0.15) is 0 Å². The first kappa shape index (κ1) is 24.8. The fourth-order valence-electron chi connectivity index (χ4n) is 3.01. The molecule has 0 aliphatic heterocycles. The lowest BCUT2D eigenvalue weighted by Gasteiger charge is -2.36. The van der Waals surface area contributed by atoms with Gasteiger partial charge in [0, 0.05) is 0 Å². The quantitative estimate of drug-likeness (QED) is 0.168. The van der Waals surface area contributed by atoms with Crippen molar-refractivity contribution in [2.24, 2.45) is 0 Å². The summed E-state index contributed by atoms with van der Waals surface area (Å²) in [6.07, 6.45) is 13.3. The molecule has 0 rings (SSSR count). The predicted molar refractivity (Wildman–Crippen MR) is 114 cm³/mol. The molecule has 0 bridgehead atoms. The van der Waals surface area contributed by atoms with Gasteiger partial charge in [-0.3, -0.25) is 0 Å². The summed E-state index contributed by atoms with van der Waals surface area (Å²) < 4.78 is 19.1. The van der Waals surface area contributed by atoms with Gasteiger partial charge in [-0.05, 0) is 39.0 Å². The summed E-state index contributed by atoms with van der Waals surface area (Å²) in [6.45, 7) is 20.7. The molecule has 0 aliphatic rings. The molecule has 0 saturated heterocycles. The lowest BCUT2D eigenvalue weighted by atomic mass is 10.1. The zero-order valence-electron chi connectivity index (χ0n) is 17.6. The third-order valence-electron chi connectivity index (χ3n) is 4.07. The Bertz CT molecular complexity index is 336. The van der Waals surface area contributed by atoms with Crippen molar-refractivity contribution in [3.63, 3.8) is 0 Å². The molecule has 2 unspecified atom stereocenters. The Hall–Kier alpha value is -0.206. The van der Waals surface area contributed by atoms with Crippen molar-refractivity contribution < 1.29 is 13.0 Å². The van der Waals surface area contributed by atoms with E-state index in [9.17, 15) is 0 Å². The van der Waals surface area contributed by atoms with E-state index in [4.69, 9.17) is 13.0 Å². The summed E-state index contributed by atoms with van der Waals surface area (Å²) >= 11 is 0. The van der Waals surface area contributed by atoms with Gasteiger partial charge >= 0.3 is 17.1 Å². The van der Waals surface area contributed by atoms with Gasteiger partial charge in [-0.25, -0.2) is 0 Å². The van der Waals surface area contributed by atoms with E-state index < -0.39 is 17.1 Å². The molecular formula is C20H42O3Si2. The van der Waals surface area contributed by atoms with Crippen LogP contribution in [0.25, 0.3) is 0 Å². The second-order valence-electron chi connectivity index (χ2n) is 7.68. The van der Waals surface area contributed by atoms with Gasteiger partial charge in [0.15, 0.2) is 0 Å². The van der Waals surface area contributed by atoms with Crippen molar-refractivity contribution >= 4 is 17.1 Å². The number of hydrogen-bond donors (Lipinski definition) is 0. The van der Waals surface area contributed by atoms with Crippen LogP contribution in [0.15, 0.2) is 25.3 Å². The highest BCUT2D eigenvalue weighted by Gasteiger charge is 2.38. The van der Waals surface area contributed by atoms with Crippen molar-refractivity contribution in [3.8, 4) is 0 Å². The summed E-state index contributed by atoms with van der Waals surface area (Å²) in [5.41, 5.74) is 0. The predicted octanol–water partition coefficient (Wildman–Crippen LogP) is 6.71. The van der Waals surface area contributed by atoms with Gasteiger partial charge in [-0.15, -0.1) is 13.2 Å². The Labute approximate surface area is 159 Å². The van der Waals surface area contributed by atoms with E-state index in [1.54, 1.807) is 0 Å². The van der Waals surface area contributed by atoms with Crippen LogP contribution >= 0.6 is 0 Å². The minimum Gasteiger partial charge on any atom is -0.415 e. The van der Waals surface area contributed by atoms with Gasteiger partial charge in [0.25, 0.3) is 0 Å². The smallest absolute Gasteiger partial charge is 0.323 e. The molecule has 0 aliphatic carbocycles. The summed E-state index contributed by atoms with van der Waals surface area (Å²) in [4.78, 5) is 0. The Morgan fingerprint density at radius 1 is 0.720 bits per heavy atom. The number of hydrogen-bond acceptors (Lipinski definition) is 3. The summed E-state index contributed by atoms with van der Waals surface area (Å²) in [5.74, 6) is 0. The fraction of sp³-hybridized carbons (Fsp3) is 0.800. The topological polar surface area (TPSA) is 27.7 Å². The average Bonchev–Trinajstić information content (AvgIpc) is 2.51. The van der Waals surface area contributed by atoms with E-state index in [1.807, 2.05) is 12.2 Å². The lowest BCUT2D eigenvalue weighted by Crippen LogP contribution is -2.51. The Kier molecular flexibility index (Phi) is 12.9. The van der Waals surface area contributed by atoms with Gasteiger partial charge in [0.05, 0.1) is 12.2 Å². The highest BCUT2D eigenvalue weighted by atomic mass is 28.5. The van der Waals surface area contributed by atoms with E-state index >= 15 is 0 Å². The molecular weight excluding hydrogens is 344 g/mol. The molecule has 2 atom stereocenters. The molecule has 3 nitrogen and oxygen atoms in total. The largest absolute Gasteiger partial charge is 0.415 e. The molecule has 0 fully saturated rings. The van der Waals surface area contributed by atoms with E-state index in [0.29, 0.717) is 0 Å². The van der Waals surface area contributed by atoms with Crippen LogP contribution in [0.1, 0.15) is 65.2 Å². The molecule has 0 aromatic heterocycles. The van der Waals surface area contributed by atoms with Crippen molar-refractivity contribution in [1.29, 1.82) is 0 Å². The van der Waals surface area contributed by atoms with E-state index in [2.05, 4.69) is 53.2 Å². The molecule has 0 spiro atoms. The Balaban J connectivity index is 4.59. The third-order valence-corrected chi connectivity index (χ3v) is 9.75. The molecule has 0 aromatic carbocycles. The van der Waals surface area contributed by atoms with Gasteiger partial charge in [0.2, 0.25) is 0 Å². The molecule has 0 radical (unpaired) electrons. The van der Waals surface area contributed by atoms with Crippen LogP contribution in [0.2, 0.25) is 26.2 Å². The van der Waals surface area contributed by atoms with Crippen LogP contribution in [0.4, 0.5) is 0 Å². The SMILES string of the molecule is C=CC(CCCCC)O[Si](C)(C)O[Si](C)(C)OC(C=C)CCCCC. The first-order valence-electron chi connectivity index (χ1n) is 10.0. The average molecular weight is 387 g/mol. The summed E-state index contributed by atoms with van der Waals surface area (Å²) in [7, 11) is -4.54. The van der Waals surface area contributed by atoms with Crippen molar-refractivity contribution in [1.82, 2.24) is 0 Å². The maximum absolute atomic E-state index is 6.44. The second-order valence-corrected chi connectivity index (χ2v) is 14.6. The van der Waals surface area contributed by atoms with Gasteiger partial charge < -0.3 is 13.0 Å². The highest BCUT2D eigenvalue weighted by molar-refractivity contribution is 6.78. The third kappa shape index (κ3) is 12.7. The lowest BCUT2D eigenvalue weighted by molar-refractivity contribution is 0.141. The molecule has 25 heavy (non-hydrogen) atoms. The monoisotopic (exact) mass is 386 g/mol. The zero-order valence-corrected chi connectivity index (χ0v) is 19.6. The Morgan fingerprint density at radius 3 is 1.36 bits per heavy atom. The van der Waals surface area contributed by atoms with Gasteiger partial charge in [-0.1, -0.05) is 64.5 Å². The molecule has 0 amide bonds. The molecule has 148 valence electrons. The minimum atomic E-state index is -2.27. The first-order valence-corrected chi connectivity index (χ1v) is 15.6. The van der Waals surface area contributed by atoms with Crippen LogP contribution in [0.5, 0.6) is 0 Å².